The number of benzene rings is 2. The Bertz CT molecular complexity index is 1190. The van der Waals surface area contributed by atoms with Crippen LogP contribution in [0.1, 0.15) is 32.1 Å². The number of quaternary nitrogens is 1. The summed E-state index contributed by atoms with van der Waals surface area (Å²) < 4.78 is 16.8. The Labute approximate surface area is 192 Å². The van der Waals surface area contributed by atoms with Crippen molar-refractivity contribution in [3.05, 3.63) is 64.8 Å². The minimum absolute atomic E-state index is 0.0270. The average molecular weight is 451 g/mol. The molecular formula is C26H28NO6+. The first-order chi connectivity index (χ1) is 16.0. The Morgan fingerprint density at radius 2 is 1.67 bits per heavy atom. The van der Waals surface area contributed by atoms with E-state index in [0.717, 1.165) is 30.4 Å². The van der Waals surface area contributed by atoms with Crippen LogP contribution in [0.25, 0.3) is 22.1 Å². The van der Waals surface area contributed by atoms with Crippen molar-refractivity contribution in [2.24, 2.45) is 0 Å². The van der Waals surface area contributed by atoms with Crippen molar-refractivity contribution >= 4 is 28.8 Å². The monoisotopic (exact) mass is 450 g/mol. The van der Waals surface area contributed by atoms with Gasteiger partial charge in [-0.3, -0.25) is 14.4 Å². The number of likely N-dealkylation sites (tertiary alicyclic amines) is 1. The van der Waals surface area contributed by atoms with Crippen molar-refractivity contribution in [2.75, 3.05) is 26.9 Å². The zero-order valence-electron chi connectivity index (χ0n) is 18.7. The maximum atomic E-state index is 13.1. The minimum atomic E-state index is -0.475. The van der Waals surface area contributed by atoms with Crippen LogP contribution in [0.2, 0.25) is 0 Å². The van der Waals surface area contributed by atoms with E-state index in [1.165, 1.54) is 13.2 Å². The summed E-state index contributed by atoms with van der Waals surface area (Å²) >= 11 is 0. The highest BCUT2D eigenvalue weighted by Gasteiger charge is 2.37. The molecule has 172 valence electrons. The van der Waals surface area contributed by atoms with Gasteiger partial charge < -0.3 is 13.9 Å². The Morgan fingerprint density at radius 3 is 2.39 bits per heavy atom. The van der Waals surface area contributed by atoms with E-state index in [4.69, 9.17) is 9.15 Å². The number of fused-ring (bicyclic) bond motifs is 1. The first-order valence-corrected chi connectivity index (χ1v) is 11.2. The molecule has 3 aromatic rings. The predicted octanol–water partition coefficient (Wildman–Crippen LogP) is 4.41. The van der Waals surface area contributed by atoms with Crippen LogP contribution in [0.4, 0.5) is 5.88 Å². The lowest BCUT2D eigenvalue weighted by Crippen LogP contribution is -2.54. The molecule has 0 amide bonds. The number of nitrogens with zero attached hydrogens (tertiary/aromatic N) is 1. The van der Waals surface area contributed by atoms with Gasteiger partial charge in [0.2, 0.25) is 6.73 Å². The summed E-state index contributed by atoms with van der Waals surface area (Å²) in [7, 11) is 1.28. The lowest BCUT2D eigenvalue weighted by atomic mass is 10.0. The fourth-order valence-electron chi connectivity index (χ4n) is 4.35. The summed E-state index contributed by atoms with van der Waals surface area (Å²) in [5.74, 6) is -0.435. The number of methoxy groups -OCH3 is 1. The lowest BCUT2D eigenvalue weighted by Gasteiger charge is -2.38. The molecule has 2 heterocycles. The van der Waals surface area contributed by atoms with E-state index in [1.54, 1.807) is 6.07 Å². The molecule has 7 nitrogen and oxygen atoms in total. The Morgan fingerprint density at radius 1 is 0.939 bits per heavy atom. The summed E-state index contributed by atoms with van der Waals surface area (Å²) in [6, 6.07) is 16.9. The quantitative estimate of drug-likeness (QED) is 0.392. The van der Waals surface area contributed by atoms with Gasteiger partial charge in [-0.05, 0) is 30.9 Å². The molecule has 1 fully saturated rings. The van der Waals surface area contributed by atoms with Crippen LogP contribution in [0.3, 0.4) is 0 Å². The van der Waals surface area contributed by atoms with E-state index in [2.05, 4.69) is 4.74 Å². The number of esters is 2. The molecule has 33 heavy (non-hydrogen) atoms. The molecule has 0 N–H and O–H groups in total. The smallest absolute Gasteiger partial charge is 0.310 e. The summed E-state index contributed by atoms with van der Waals surface area (Å²) in [5, 5.41) is 0.519. The number of piperidine rings is 1. The van der Waals surface area contributed by atoms with Crippen LogP contribution >= 0.6 is 0 Å². The third-order valence-electron chi connectivity index (χ3n) is 6.20. The van der Waals surface area contributed by atoms with Gasteiger partial charge in [0.05, 0.1) is 44.5 Å². The van der Waals surface area contributed by atoms with Gasteiger partial charge in [-0.1, -0.05) is 42.5 Å². The van der Waals surface area contributed by atoms with Gasteiger partial charge in [-0.15, -0.1) is 0 Å². The Balaban J connectivity index is 1.70. The molecule has 2 aromatic carbocycles. The van der Waals surface area contributed by atoms with Gasteiger partial charge in [0.25, 0.3) is 0 Å². The number of carbonyl (C=O) groups excluding carboxylic acids is 2. The van der Waals surface area contributed by atoms with Gasteiger partial charge in [-0.25, -0.2) is 4.48 Å². The summed E-state index contributed by atoms with van der Waals surface area (Å²) in [6.45, 7) is 1.46. The maximum Gasteiger partial charge on any atom is 0.310 e. The second-order valence-corrected chi connectivity index (χ2v) is 8.37. The zero-order chi connectivity index (χ0) is 23.3. The van der Waals surface area contributed by atoms with Gasteiger partial charge >= 0.3 is 17.8 Å². The third-order valence-corrected chi connectivity index (χ3v) is 6.20. The van der Waals surface area contributed by atoms with Crippen molar-refractivity contribution in [1.82, 2.24) is 4.48 Å². The van der Waals surface area contributed by atoms with Crippen molar-refractivity contribution in [2.45, 2.75) is 32.1 Å². The van der Waals surface area contributed by atoms with Gasteiger partial charge in [0.1, 0.15) is 0 Å². The van der Waals surface area contributed by atoms with Crippen LogP contribution in [0.5, 0.6) is 0 Å². The fraction of sp³-hybridized carbons (Fsp3) is 0.346. The van der Waals surface area contributed by atoms with Crippen LogP contribution in [0.15, 0.2) is 63.8 Å². The summed E-state index contributed by atoms with van der Waals surface area (Å²) in [4.78, 5) is 36.7. The highest BCUT2D eigenvalue weighted by atomic mass is 16.6. The lowest BCUT2D eigenvalue weighted by molar-refractivity contribution is -0.152. The van der Waals surface area contributed by atoms with E-state index in [9.17, 15) is 14.4 Å². The molecule has 1 saturated heterocycles. The number of hydrogen-bond donors (Lipinski definition) is 0. The molecule has 0 atom stereocenters. The molecule has 0 bridgehead atoms. The van der Waals surface area contributed by atoms with E-state index in [-0.39, 0.29) is 29.5 Å². The second-order valence-electron chi connectivity index (χ2n) is 8.37. The second kappa shape index (κ2) is 10.0. The number of carbonyl (C=O) groups is 2. The topological polar surface area (TPSA) is 82.8 Å². The average Bonchev–Trinajstić information content (AvgIpc) is 2.86. The first-order valence-electron chi connectivity index (χ1n) is 11.2. The van der Waals surface area contributed by atoms with Crippen LogP contribution < -0.4 is 9.91 Å². The molecule has 1 aromatic heterocycles. The number of rotatable bonds is 7. The normalized spacial score (nSPS) is 15.2. The highest BCUT2D eigenvalue weighted by Crippen LogP contribution is 2.34. The van der Waals surface area contributed by atoms with Crippen molar-refractivity contribution in [3.63, 3.8) is 0 Å². The van der Waals surface area contributed by atoms with Gasteiger partial charge in [0.15, 0.2) is 11.0 Å². The Kier molecular flexibility index (Phi) is 6.89. The highest BCUT2D eigenvalue weighted by molar-refractivity contribution is 5.92. The van der Waals surface area contributed by atoms with E-state index < -0.39 is 11.9 Å². The van der Waals surface area contributed by atoms with E-state index in [1.807, 2.05) is 42.5 Å². The van der Waals surface area contributed by atoms with Crippen molar-refractivity contribution < 1.29 is 23.5 Å². The zero-order valence-corrected chi connectivity index (χ0v) is 18.7. The molecule has 1 aliphatic rings. The number of para-hydroxylation sites is 1. The third kappa shape index (κ3) is 4.98. The van der Waals surface area contributed by atoms with Crippen LogP contribution in [-0.2, 0) is 19.1 Å². The fourth-order valence-corrected chi connectivity index (χ4v) is 4.35. The molecule has 0 radical (unpaired) electrons. The van der Waals surface area contributed by atoms with E-state index in [0.29, 0.717) is 29.9 Å². The maximum absolute atomic E-state index is 13.1. The van der Waals surface area contributed by atoms with Gasteiger partial charge in [-0.2, -0.15) is 0 Å². The van der Waals surface area contributed by atoms with Crippen molar-refractivity contribution in [1.29, 1.82) is 0 Å². The van der Waals surface area contributed by atoms with Crippen molar-refractivity contribution in [3.8, 4) is 11.1 Å². The molecule has 0 aliphatic carbocycles. The Hall–Kier alpha value is -3.45. The molecule has 7 heteroatoms. The molecular weight excluding hydrogens is 422 g/mol. The van der Waals surface area contributed by atoms with Gasteiger partial charge in [0, 0.05) is 5.56 Å². The largest absolute Gasteiger partial charge is 0.469 e. The molecule has 0 unspecified atom stereocenters. The number of hydrogen-bond acceptors (Lipinski definition) is 6. The van der Waals surface area contributed by atoms with Crippen LogP contribution in [-0.4, -0.2) is 38.9 Å². The minimum Gasteiger partial charge on any atom is -0.469 e. The molecule has 0 saturated carbocycles. The van der Waals surface area contributed by atoms with E-state index >= 15 is 0 Å². The SMILES string of the molecule is COC(=O)CCC(=O)OC[N+]1(c2cc(=O)c3cccc(-c4ccccc4)c3o2)CCCCC1. The molecule has 1 aliphatic heterocycles. The summed E-state index contributed by atoms with van der Waals surface area (Å²) in [5.41, 5.74) is 2.22. The van der Waals surface area contributed by atoms with Crippen LogP contribution in [0, 0.1) is 0 Å². The first kappa shape index (κ1) is 22.7. The number of ether oxygens (including phenoxy) is 2. The molecule has 4 rings (SSSR count). The predicted molar refractivity (Wildman–Crippen MR) is 126 cm³/mol. The molecule has 0 spiro atoms. The summed E-state index contributed by atoms with van der Waals surface area (Å²) in [6.07, 6.45) is 2.86. The standard InChI is InChI=1S/C26H28NO6/c1-31-24(29)13-14-25(30)32-18-27(15-6-3-7-16-27)23-17-22(28)21-12-8-11-20(26(21)33-23)19-9-4-2-5-10-19/h2,4-5,8-12,17H,3,6-7,13-16,18H2,1H3/q+1.